The van der Waals surface area contributed by atoms with Crippen LogP contribution in [0, 0.1) is 0 Å². The quantitative estimate of drug-likeness (QED) is 0.680. The molecule has 0 saturated heterocycles. The average Bonchev–Trinajstić information content (AvgIpc) is 2.10. The first kappa shape index (κ1) is 11.1. The lowest BCUT2D eigenvalue weighted by Crippen LogP contribution is -2.16. The highest BCUT2D eigenvalue weighted by molar-refractivity contribution is 6.40. The molecule has 6 heteroatoms. The van der Waals surface area contributed by atoms with Crippen molar-refractivity contribution >= 4 is 40.5 Å². The molecule has 1 amide bonds. The molecule has 0 atom stereocenters. The second-order valence-corrected chi connectivity index (χ2v) is 3.38. The standard InChI is InChI=1S/C8H8Cl2N2O2/c9-5-1-4(11)2-6(10)8(5)12-7(14)3-13/h1-2,13H,3,11H2,(H,12,14). The minimum Gasteiger partial charge on any atom is -0.399 e. The van der Waals surface area contributed by atoms with Gasteiger partial charge in [0.15, 0.2) is 0 Å². The van der Waals surface area contributed by atoms with E-state index in [0.29, 0.717) is 5.69 Å². The van der Waals surface area contributed by atoms with Crippen molar-refractivity contribution in [3.63, 3.8) is 0 Å². The molecule has 0 fully saturated rings. The van der Waals surface area contributed by atoms with Crippen molar-refractivity contribution in [2.24, 2.45) is 0 Å². The summed E-state index contributed by atoms with van der Waals surface area (Å²) >= 11 is 11.6. The minimum atomic E-state index is -0.628. The molecule has 0 spiro atoms. The number of aliphatic hydroxyl groups excluding tert-OH is 1. The molecule has 0 unspecified atom stereocenters. The highest BCUT2D eigenvalue weighted by Gasteiger charge is 2.09. The monoisotopic (exact) mass is 234 g/mol. The molecule has 1 rings (SSSR count). The summed E-state index contributed by atoms with van der Waals surface area (Å²) in [5, 5.41) is 11.3. The Balaban J connectivity index is 3.02. The van der Waals surface area contributed by atoms with Gasteiger partial charge in [0.1, 0.15) is 6.61 Å². The average molecular weight is 235 g/mol. The van der Waals surface area contributed by atoms with Crippen LogP contribution in [-0.4, -0.2) is 17.6 Å². The molecule has 4 N–H and O–H groups in total. The normalized spacial score (nSPS) is 9.93. The van der Waals surface area contributed by atoms with Gasteiger partial charge in [-0.15, -0.1) is 0 Å². The summed E-state index contributed by atoms with van der Waals surface area (Å²) in [6.07, 6.45) is 0. The minimum absolute atomic E-state index is 0.233. The molecular formula is C8H8Cl2N2O2. The van der Waals surface area contributed by atoms with Crippen molar-refractivity contribution in [2.75, 3.05) is 17.7 Å². The summed E-state index contributed by atoms with van der Waals surface area (Å²) in [4.78, 5) is 10.9. The number of carbonyl (C=O) groups is 1. The topological polar surface area (TPSA) is 75.3 Å². The molecule has 0 bridgehead atoms. The number of hydrogen-bond donors (Lipinski definition) is 3. The maximum Gasteiger partial charge on any atom is 0.250 e. The Morgan fingerprint density at radius 3 is 2.36 bits per heavy atom. The number of hydrogen-bond acceptors (Lipinski definition) is 3. The van der Waals surface area contributed by atoms with Gasteiger partial charge in [-0.1, -0.05) is 23.2 Å². The van der Waals surface area contributed by atoms with Crippen molar-refractivity contribution in [1.82, 2.24) is 0 Å². The third-order valence-corrected chi connectivity index (χ3v) is 2.07. The van der Waals surface area contributed by atoms with E-state index in [2.05, 4.69) is 5.32 Å². The number of benzene rings is 1. The maximum atomic E-state index is 10.9. The van der Waals surface area contributed by atoms with Crippen molar-refractivity contribution in [3.8, 4) is 0 Å². The van der Waals surface area contributed by atoms with Crippen LogP contribution in [0.4, 0.5) is 11.4 Å². The maximum absolute atomic E-state index is 10.9. The smallest absolute Gasteiger partial charge is 0.250 e. The van der Waals surface area contributed by atoms with Gasteiger partial charge in [-0.3, -0.25) is 4.79 Å². The Morgan fingerprint density at radius 2 is 1.93 bits per heavy atom. The molecule has 4 nitrogen and oxygen atoms in total. The zero-order chi connectivity index (χ0) is 10.7. The number of amides is 1. The lowest BCUT2D eigenvalue weighted by Gasteiger charge is -2.08. The molecule has 0 aliphatic heterocycles. The molecule has 0 aliphatic carbocycles. The van der Waals surface area contributed by atoms with Gasteiger partial charge in [0.2, 0.25) is 5.91 Å². The van der Waals surface area contributed by atoms with Gasteiger partial charge < -0.3 is 16.2 Å². The first-order valence-corrected chi connectivity index (χ1v) is 4.45. The second kappa shape index (κ2) is 4.50. The van der Waals surface area contributed by atoms with Crippen LogP contribution in [-0.2, 0) is 4.79 Å². The van der Waals surface area contributed by atoms with Gasteiger partial charge in [-0.25, -0.2) is 0 Å². The molecule has 76 valence electrons. The van der Waals surface area contributed by atoms with E-state index < -0.39 is 12.5 Å². The van der Waals surface area contributed by atoms with Crippen LogP contribution in [0.2, 0.25) is 10.0 Å². The number of nitrogens with two attached hydrogens (primary N) is 1. The van der Waals surface area contributed by atoms with Crippen LogP contribution in [0.5, 0.6) is 0 Å². The zero-order valence-corrected chi connectivity index (χ0v) is 8.56. The van der Waals surface area contributed by atoms with Crippen LogP contribution in [0.25, 0.3) is 0 Å². The largest absolute Gasteiger partial charge is 0.399 e. The Kier molecular flexibility index (Phi) is 3.57. The van der Waals surface area contributed by atoms with Crippen molar-refractivity contribution in [2.45, 2.75) is 0 Å². The van der Waals surface area contributed by atoms with Crippen LogP contribution >= 0.6 is 23.2 Å². The van der Waals surface area contributed by atoms with E-state index in [1.807, 2.05) is 0 Å². The molecule has 0 aromatic heterocycles. The fourth-order valence-electron chi connectivity index (χ4n) is 0.891. The summed E-state index contributed by atoms with van der Waals surface area (Å²) in [5.74, 6) is -0.585. The summed E-state index contributed by atoms with van der Waals surface area (Å²) in [7, 11) is 0. The van der Waals surface area contributed by atoms with E-state index in [1.54, 1.807) is 0 Å². The van der Waals surface area contributed by atoms with Crippen molar-refractivity contribution < 1.29 is 9.90 Å². The molecule has 1 aromatic rings. The number of rotatable bonds is 2. The molecule has 0 radical (unpaired) electrons. The lowest BCUT2D eigenvalue weighted by atomic mass is 10.3. The van der Waals surface area contributed by atoms with E-state index in [4.69, 9.17) is 34.0 Å². The number of anilines is 2. The molecule has 0 aliphatic rings. The van der Waals surface area contributed by atoms with Crippen LogP contribution in [0.1, 0.15) is 0 Å². The lowest BCUT2D eigenvalue weighted by molar-refractivity contribution is -0.118. The number of halogens is 2. The molecule has 0 heterocycles. The van der Waals surface area contributed by atoms with Crippen LogP contribution in [0.15, 0.2) is 12.1 Å². The van der Waals surface area contributed by atoms with Gasteiger partial charge in [0.05, 0.1) is 15.7 Å². The van der Waals surface area contributed by atoms with Gasteiger partial charge in [0.25, 0.3) is 0 Å². The summed E-state index contributed by atoms with van der Waals surface area (Å²) in [5.41, 5.74) is 6.12. The SMILES string of the molecule is Nc1cc(Cl)c(NC(=O)CO)c(Cl)c1. The van der Waals surface area contributed by atoms with E-state index in [0.717, 1.165) is 0 Å². The Hall–Kier alpha value is -0.970. The third-order valence-electron chi connectivity index (χ3n) is 1.47. The highest BCUT2D eigenvalue weighted by Crippen LogP contribution is 2.32. The van der Waals surface area contributed by atoms with Gasteiger partial charge in [-0.2, -0.15) is 0 Å². The third kappa shape index (κ3) is 2.51. The number of aliphatic hydroxyl groups is 1. The first-order valence-electron chi connectivity index (χ1n) is 3.70. The molecule has 0 saturated carbocycles. The second-order valence-electron chi connectivity index (χ2n) is 2.57. The predicted octanol–water partition coefficient (Wildman–Crippen LogP) is 1.51. The van der Waals surface area contributed by atoms with Crippen LogP contribution in [0.3, 0.4) is 0 Å². The van der Waals surface area contributed by atoms with Gasteiger partial charge in [0, 0.05) is 5.69 Å². The predicted molar refractivity (Wildman–Crippen MR) is 56.6 cm³/mol. The van der Waals surface area contributed by atoms with Crippen molar-refractivity contribution in [3.05, 3.63) is 22.2 Å². The van der Waals surface area contributed by atoms with Crippen molar-refractivity contribution in [1.29, 1.82) is 0 Å². The summed E-state index contributed by atoms with van der Waals surface area (Å²) < 4.78 is 0. The number of nitrogens with one attached hydrogen (secondary N) is 1. The fourth-order valence-corrected chi connectivity index (χ4v) is 1.49. The number of carbonyl (C=O) groups excluding carboxylic acids is 1. The molecule has 14 heavy (non-hydrogen) atoms. The van der Waals surface area contributed by atoms with E-state index >= 15 is 0 Å². The van der Waals surface area contributed by atoms with E-state index in [9.17, 15) is 4.79 Å². The van der Waals surface area contributed by atoms with E-state index in [-0.39, 0.29) is 15.7 Å². The van der Waals surface area contributed by atoms with Gasteiger partial charge in [-0.05, 0) is 12.1 Å². The Bertz CT molecular complexity index is 345. The Labute approximate surface area is 90.6 Å². The molecular weight excluding hydrogens is 227 g/mol. The molecule has 1 aromatic carbocycles. The Morgan fingerprint density at radius 1 is 1.43 bits per heavy atom. The summed E-state index contributed by atoms with van der Waals surface area (Å²) in [6, 6.07) is 2.92. The van der Waals surface area contributed by atoms with Crippen LogP contribution < -0.4 is 11.1 Å². The zero-order valence-electron chi connectivity index (χ0n) is 7.05. The fraction of sp³-hybridized carbons (Fsp3) is 0.125. The number of nitrogen functional groups attached to an aromatic ring is 1. The highest BCUT2D eigenvalue weighted by atomic mass is 35.5. The first-order chi connectivity index (χ1) is 6.54. The van der Waals surface area contributed by atoms with Gasteiger partial charge >= 0.3 is 0 Å². The van der Waals surface area contributed by atoms with E-state index in [1.165, 1.54) is 12.1 Å². The summed E-state index contributed by atoms with van der Waals surface area (Å²) in [6.45, 7) is -0.628.